The average Bonchev–Trinajstić information content (AvgIpc) is 3.08. The van der Waals surface area contributed by atoms with Crippen molar-refractivity contribution in [2.75, 3.05) is 23.7 Å². The predicted octanol–water partition coefficient (Wildman–Crippen LogP) is 2.51. The normalized spacial score (nSPS) is 11.0. The van der Waals surface area contributed by atoms with Crippen LogP contribution in [-0.4, -0.2) is 32.8 Å². The number of thiophene rings is 1. The molecule has 0 bridgehead atoms. The first-order valence-electron chi connectivity index (χ1n) is 6.98. The zero-order valence-electron chi connectivity index (χ0n) is 12.1. The number of rotatable bonds is 6. The van der Waals surface area contributed by atoms with Gasteiger partial charge in [0.15, 0.2) is 0 Å². The van der Waals surface area contributed by atoms with Crippen LogP contribution in [0, 0.1) is 0 Å². The van der Waals surface area contributed by atoms with Crippen LogP contribution >= 0.6 is 11.3 Å². The van der Waals surface area contributed by atoms with Crippen LogP contribution in [0.1, 0.15) is 12.6 Å². The van der Waals surface area contributed by atoms with Gasteiger partial charge < -0.3 is 10.6 Å². The van der Waals surface area contributed by atoms with Crippen molar-refractivity contribution in [1.29, 1.82) is 0 Å². The summed E-state index contributed by atoms with van der Waals surface area (Å²) in [5.74, 6) is 1.56. The van der Waals surface area contributed by atoms with Crippen LogP contribution in [-0.2, 0) is 13.5 Å². The van der Waals surface area contributed by atoms with Crippen LogP contribution in [0.4, 0.5) is 11.8 Å². The molecule has 0 radical (unpaired) electrons. The Labute approximate surface area is 127 Å². The number of nitrogens with one attached hydrogen (secondary N) is 2. The van der Waals surface area contributed by atoms with E-state index in [-0.39, 0.29) is 0 Å². The highest BCUT2D eigenvalue weighted by Crippen LogP contribution is 2.26. The molecule has 0 aliphatic heterocycles. The predicted molar refractivity (Wildman–Crippen MR) is 87.0 cm³/mol. The molecule has 0 aliphatic carbocycles. The van der Waals surface area contributed by atoms with Gasteiger partial charge in [0, 0.05) is 38.4 Å². The molecule has 0 saturated carbocycles. The van der Waals surface area contributed by atoms with Gasteiger partial charge in [0.1, 0.15) is 10.6 Å². The lowest BCUT2D eigenvalue weighted by atomic mass is 10.3. The lowest BCUT2D eigenvalue weighted by Gasteiger charge is -2.09. The second kappa shape index (κ2) is 6.09. The lowest BCUT2D eigenvalue weighted by Crippen LogP contribution is -2.11. The van der Waals surface area contributed by atoms with Crippen LogP contribution < -0.4 is 10.6 Å². The first kappa shape index (κ1) is 13.8. The van der Waals surface area contributed by atoms with E-state index in [9.17, 15) is 0 Å². The maximum atomic E-state index is 4.56. The standard InChI is InChI=1S/C14H18N6S/c1-3-15-14-18-12(11-6-9-21-13(11)19-14)16-7-4-10-5-8-17-20(10)2/h5-6,8-9H,3-4,7H2,1-2H3,(H2,15,16,18,19). The summed E-state index contributed by atoms with van der Waals surface area (Å²) in [7, 11) is 1.96. The summed E-state index contributed by atoms with van der Waals surface area (Å²) in [5, 5.41) is 13.9. The summed E-state index contributed by atoms with van der Waals surface area (Å²) in [6, 6.07) is 4.09. The number of aromatic nitrogens is 4. The molecule has 3 aromatic heterocycles. The van der Waals surface area contributed by atoms with Gasteiger partial charge in [0.2, 0.25) is 5.95 Å². The molecule has 0 aliphatic rings. The molecule has 3 rings (SSSR count). The molecular weight excluding hydrogens is 284 g/mol. The molecule has 0 amide bonds. The van der Waals surface area contributed by atoms with Crippen molar-refractivity contribution >= 4 is 33.3 Å². The molecule has 21 heavy (non-hydrogen) atoms. The summed E-state index contributed by atoms with van der Waals surface area (Å²) in [6.45, 7) is 3.66. The smallest absolute Gasteiger partial charge is 0.226 e. The summed E-state index contributed by atoms with van der Waals surface area (Å²) in [6.07, 6.45) is 2.73. The minimum Gasteiger partial charge on any atom is -0.369 e. The molecule has 0 saturated heterocycles. The summed E-state index contributed by atoms with van der Waals surface area (Å²) in [4.78, 5) is 10.1. The van der Waals surface area contributed by atoms with E-state index < -0.39 is 0 Å². The Hall–Kier alpha value is -2.15. The van der Waals surface area contributed by atoms with Crippen LogP contribution in [0.25, 0.3) is 10.2 Å². The van der Waals surface area contributed by atoms with Gasteiger partial charge in [-0.1, -0.05) is 0 Å². The largest absolute Gasteiger partial charge is 0.369 e. The molecule has 6 nitrogen and oxygen atoms in total. The van der Waals surface area contributed by atoms with Gasteiger partial charge in [0.05, 0.1) is 5.39 Å². The third-order valence-electron chi connectivity index (χ3n) is 3.26. The minimum absolute atomic E-state index is 0.676. The van der Waals surface area contributed by atoms with Crippen molar-refractivity contribution in [3.63, 3.8) is 0 Å². The molecule has 3 heterocycles. The summed E-state index contributed by atoms with van der Waals surface area (Å²) >= 11 is 1.63. The Morgan fingerprint density at radius 1 is 1.24 bits per heavy atom. The fourth-order valence-corrected chi connectivity index (χ4v) is 2.95. The topological polar surface area (TPSA) is 67.7 Å². The van der Waals surface area contributed by atoms with Gasteiger partial charge in [-0.25, -0.2) is 4.98 Å². The first-order chi connectivity index (χ1) is 10.3. The number of nitrogens with zero attached hydrogens (tertiary/aromatic N) is 4. The zero-order chi connectivity index (χ0) is 14.7. The Balaban J connectivity index is 1.76. The second-order valence-corrected chi connectivity index (χ2v) is 5.58. The van der Waals surface area contributed by atoms with Crippen molar-refractivity contribution in [2.45, 2.75) is 13.3 Å². The third-order valence-corrected chi connectivity index (χ3v) is 4.06. The van der Waals surface area contributed by atoms with E-state index in [0.717, 1.165) is 35.5 Å². The highest BCUT2D eigenvalue weighted by atomic mass is 32.1. The Bertz CT molecular complexity index is 732. The molecular formula is C14H18N6S. The number of fused-ring (bicyclic) bond motifs is 1. The molecule has 2 N–H and O–H groups in total. The summed E-state index contributed by atoms with van der Waals surface area (Å²) in [5.41, 5.74) is 1.20. The second-order valence-electron chi connectivity index (χ2n) is 4.69. The van der Waals surface area contributed by atoms with Crippen LogP contribution in [0.3, 0.4) is 0 Å². The van der Waals surface area contributed by atoms with E-state index in [1.54, 1.807) is 11.3 Å². The highest BCUT2D eigenvalue weighted by molar-refractivity contribution is 7.16. The Morgan fingerprint density at radius 2 is 2.14 bits per heavy atom. The van der Waals surface area contributed by atoms with E-state index in [1.165, 1.54) is 5.69 Å². The van der Waals surface area contributed by atoms with E-state index in [4.69, 9.17) is 0 Å². The van der Waals surface area contributed by atoms with Crippen LogP contribution in [0.2, 0.25) is 0 Å². The maximum Gasteiger partial charge on any atom is 0.226 e. The van der Waals surface area contributed by atoms with Crippen molar-refractivity contribution in [2.24, 2.45) is 7.05 Å². The SMILES string of the molecule is CCNc1nc(NCCc2ccnn2C)c2ccsc2n1. The van der Waals surface area contributed by atoms with E-state index in [2.05, 4.69) is 31.8 Å². The molecule has 0 fully saturated rings. The number of aryl methyl sites for hydroxylation is 1. The summed E-state index contributed by atoms with van der Waals surface area (Å²) < 4.78 is 1.89. The molecule has 0 unspecified atom stereocenters. The van der Waals surface area contributed by atoms with Gasteiger partial charge >= 0.3 is 0 Å². The molecule has 0 atom stereocenters. The van der Waals surface area contributed by atoms with Gasteiger partial charge in [-0.2, -0.15) is 10.1 Å². The Morgan fingerprint density at radius 3 is 2.90 bits per heavy atom. The third kappa shape index (κ3) is 2.97. The molecule has 3 aromatic rings. The van der Waals surface area contributed by atoms with Crippen molar-refractivity contribution in [3.05, 3.63) is 29.4 Å². The average molecular weight is 302 g/mol. The Kier molecular flexibility index (Phi) is 4.01. The number of hydrogen-bond acceptors (Lipinski definition) is 6. The fourth-order valence-electron chi connectivity index (χ4n) is 2.18. The first-order valence-corrected chi connectivity index (χ1v) is 7.85. The van der Waals surface area contributed by atoms with Crippen molar-refractivity contribution in [3.8, 4) is 0 Å². The van der Waals surface area contributed by atoms with Gasteiger partial charge in [-0.05, 0) is 24.4 Å². The van der Waals surface area contributed by atoms with Gasteiger partial charge in [-0.3, -0.25) is 4.68 Å². The van der Waals surface area contributed by atoms with E-state index in [1.807, 2.05) is 36.3 Å². The zero-order valence-corrected chi connectivity index (χ0v) is 12.9. The lowest BCUT2D eigenvalue weighted by molar-refractivity contribution is 0.711. The highest BCUT2D eigenvalue weighted by Gasteiger charge is 2.08. The van der Waals surface area contributed by atoms with Crippen LogP contribution in [0.5, 0.6) is 0 Å². The maximum absolute atomic E-state index is 4.56. The fraction of sp³-hybridized carbons (Fsp3) is 0.357. The monoisotopic (exact) mass is 302 g/mol. The minimum atomic E-state index is 0.676. The molecule has 0 spiro atoms. The number of hydrogen-bond donors (Lipinski definition) is 2. The van der Waals surface area contributed by atoms with Gasteiger partial charge in [0.25, 0.3) is 0 Å². The molecule has 7 heteroatoms. The quantitative estimate of drug-likeness (QED) is 0.732. The van der Waals surface area contributed by atoms with Gasteiger partial charge in [-0.15, -0.1) is 11.3 Å². The van der Waals surface area contributed by atoms with Crippen molar-refractivity contribution in [1.82, 2.24) is 19.7 Å². The van der Waals surface area contributed by atoms with E-state index >= 15 is 0 Å². The van der Waals surface area contributed by atoms with E-state index in [0.29, 0.717) is 5.95 Å². The number of anilines is 2. The molecule has 0 aromatic carbocycles. The van der Waals surface area contributed by atoms with Crippen molar-refractivity contribution < 1.29 is 0 Å². The van der Waals surface area contributed by atoms with Crippen LogP contribution in [0.15, 0.2) is 23.7 Å². The molecule has 110 valence electrons.